The van der Waals surface area contributed by atoms with Crippen LogP contribution in [-0.2, 0) is 13.1 Å². The van der Waals surface area contributed by atoms with E-state index >= 15 is 0 Å². The van der Waals surface area contributed by atoms with Crippen molar-refractivity contribution in [2.75, 3.05) is 6.54 Å². The number of hydrogen-bond acceptors (Lipinski definition) is 5. The first-order chi connectivity index (χ1) is 12.8. The lowest BCUT2D eigenvalue weighted by atomic mass is 10.2. The molecule has 2 heterocycles. The third kappa shape index (κ3) is 4.59. The van der Waals surface area contributed by atoms with Gasteiger partial charge in [-0.15, -0.1) is 13.2 Å². The van der Waals surface area contributed by atoms with E-state index in [2.05, 4.69) is 4.74 Å². The molecule has 1 aromatic carbocycles. The van der Waals surface area contributed by atoms with Gasteiger partial charge in [0.1, 0.15) is 12.0 Å². The van der Waals surface area contributed by atoms with Crippen molar-refractivity contribution in [2.24, 2.45) is 0 Å². The van der Waals surface area contributed by atoms with Gasteiger partial charge < -0.3 is 14.4 Å². The molecule has 1 aliphatic rings. The van der Waals surface area contributed by atoms with Crippen LogP contribution in [-0.4, -0.2) is 38.6 Å². The minimum absolute atomic E-state index is 0.197. The van der Waals surface area contributed by atoms with E-state index in [1.165, 1.54) is 30.5 Å². The number of fused-ring (bicyclic) bond motifs is 1. The van der Waals surface area contributed by atoms with Gasteiger partial charge in [-0.25, -0.2) is 5.48 Å². The van der Waals surface area contributed by atoms with E-state index in [1.54, 1.807) is 21.0 Å². The third-order valence-electron chi connectivity index (χ3n) is 4.27. The Kier molecular flexibility index (Phi) is 5.40. The van der Waals surface area contributed by atoms with E-state index in [1.807, 2.05) is 0 Å². The van der Waals surface area contributed by atoms with Crippen LogP contribution in [0.1, 0.15) is 34.3 Å². The molecule has 0 fully saturated rings. The predicted molar refractivity (Wildman–Crippen MR) is 86.8 cm³/mol. The Balaban J connectivity index is 1.78. The highest BCUT2D eigenvalue weighted by molar-refractivity contribution is 5.93. The van der Waals surface area contributed by atoms with Crippen LogP contribution in [0.4, 0.5) is 13.2 Å². The molecule has 0 radical (unpaired) electrons. The Hall–Kier alpha value is -2.56. The van der Waals surface area contributed by atoms with Crippen molar-refractivity contribution in [1.29, 1.82) is 0 Å². The lowest BCUT2D eigenvalue weighted by Crippen LogP contribution is -2.28. The molecule has 1 atom stereocenters. The molecule has 0 bridgehead atoms. The lowest BCUT2D eigenvalue weighted by Gasteiger charge is -2.26. The number of ether oxygens (including phenoxy) is 1. The first kappa shape index (κ1) is 19.2. The first-order valence-electron chi connectivity index (χ1n) is 8.18. The fraction of sp³-hybridized carbons (Fsp3) is 0.353. The van der Waals surface area contributed by atoms with Gasteiger partial charge in [-0.2, -0.15) is 0 Å². The molecule has 1 aromatic heterocycles. The van der Waals surface area contributed by atoms with Gasteiger partial charge in [-0.3, -0.25) is 14.9 Å². The molecular formula is C17H18F3N3O4. The number of aromatic nitrogens is 1. The number of aryl methyl sites for hydroxylation is 1. The van der Waals surface area contributed by atoms with Crippen LogP contribution in [0.15, 0.2) is 36.5 Å². The van der Waals surface area contributed by atoms with Crippen LogP contribution in [0.3, 0.4) is 0 Å². The molecule has 0 spiro atoms. The molecule has 0 aliphatic carbocycles. The van der Waals surface area contributed by atoms with Crippen molar-refractivity contribution >= 4 is 5.91 Å². The monoisotopic (exact) mass is 385 g/mol. The van der Waals surface area contributed by atoms with E-state index < -0.39 is 18.5 Å². The van der Waals surface area contributed by atoms with Gasteiger partial charge in [0.2, 0.25) is 0 Å². The number of hydroxylamine groups is 1. The van der Waals surface area contributed by atoms with E-state index in [-0.39, 0.29) is 17.9 Å². The van der Waals surface area contributed by atoms with Gasteiger partial charge in [0.15, 0.2) is 0 Å². The Morgan fingerprint density at radius 2 is 2.07 bits per heavy atom. The standard InChI is InChI=1S/C17H18F3N3O4/c18-17(19,20)27-13-4-1-3-11(7-13)9-23-6-2-5-22-10-12(15(24)21-26)8-14(22)16(23)25/h1,3-4,7-8,10,16,25-26H,2,5-6,9H2,(H,21,24). The maximum Gasteiger partial charge on any atom is 0.573 e. The third-order valence-corrected chi connectivity index (χ3v) is 4.27. The average Bonchev–Trinajstić information content (AvgIpc) is 2.97. The van der Waals surface area contributed by atoms with Crippen molar-refractivity contribution in [3.63, 3.8) is 0 Å². The number of nitrogens with zero attached hydrogens (tertiary/aromatic N) is 2. The van der Waals surface area contributed by atoms with Gasteiger partial charge in [-0.05, 0) is 30.2 Å². The smallest absolute Gasteiger partial charge is 0.406 e. The molecule has 1 unspecified atom stereocenters. The number of alkyl halides is 3. The second-order valence-electron chi connectivity index (χ2n) is 6.18. The second kappa shape index (κ2) is 7.59. The van der Waals surface area contributed by atoms with Gasteiger partial charge in [0.05, 0.1) is 11.3 Å². The summed E-state index contributed by atoms with van der Waals surface area (Å²) in [6, 6.07) is 7.05. The zero-order valence-electron chi connectivity index (χ0n) is 14.1. The number of nitrogens with one attached hydrogen (secondary N) is 1. The maximum atomic E-state index is 12.4. The summed E-state index contributed by atoms with van der Waals surface area (Å²) in [7, 11) is 0. The highest BCUT2D eigenvalue weighted by Gasteiger charge is 2.31. The molecule has 3 N–H and O–H groups in total. The largest absolute Gasteiger partial charge is 0.573 e. The van der Waals surface area contributed by atoms with Crippen molar-refractivity contribution in [2.45, 2.75) is 32.1 Å². The Labute approximate surface area is 152 Å². The molecule has 10 heteroatoms. The number of hydrogen-bond donors (Lipinski definition) is 3. The summed E-state index contributed by atoms with van der Waals surface area (Å²) in [6.45, 7) is 1.26. The molecule has 0 saturated carbocycles. The van der Waals surface area contributed by atoms with Crippen LogP contribution in [0, 0.1) is 0 Å². The van der Waals surface area contributed by atoms with E-state index in [4.69, 9.17) is 5.21 Å². The summed E-state index contributed by atoms with van der Waals surface area (Å²) in [5, 5.41) is 19.4. The molecule has 1 amide bonds. The van der Waals surface area contributed by atoms with E-state index in [9.17, 15) is 23.1 Å². The summed E-state index contributed by atoms with van der Waals surface area (Å²) in [6.07, 6.45) is -3.63. The quantitative estimate of drug-likeness (QED) is 0.556. The number of rotatable bonds is 4. The van der Waals surface area contributed by atoms with Crippen LogP contribution < -0.4 is 10.2 Å². The van der Waals surface area contributed by atoms with Crippen LogP contribution >= 0.6 is 0 Å². The number of amides is 1. The van der Waals surface area contributed by atoms with Crippen LogP contribution in [0.25, 0.3) is 0 Å². The topological polar surface area (TPSA) is 87.0 Å². The molecule has 146 valence electrons. The summed E-state index contributed by atoms with van der Waals surface area (Å²) in [4.78, 5) is 13.3. The van der Waals surface area contributed by atoms with Crippen molar-refractivity contribution in [1.82, 2.24) is 14.9 Å². The summed E-state index contributed by atoms with van der Waals surface area (Å²) < 4.78 is 42.8. The second-order valence-corrected chi connectivity index (χ2v) is 6.18. The van der Waals surface area contributed by atoms with Crippen molar-refractivity contribution in [3.05, 3.63) is 53.3 Å². The van der Waals surface area contributed by atoms with Gasteiger partial charge in [-0.1, -0.05) is 12.1 Å². The number of aliphatic hydroxyl groups is 1. The highest BCUT2D eigenvalue weighted by Crippen LogP contribution is 2.28. The van der Waals surface area contributed by atoms with Crippen LogP contribution in [0.5, 0.6) is 5.75 Å². The normalized spacial score (nSPS) is 17.9. The molecule has 7 nitrogen and oxygen atoms in total. The minimum Gasteiger partial charge on any atom is -0.406 e. The summed E-state index contributed by atoms with van der Waals surface area (Å²) in [5.41, 5.74) is 2.76. The zero-order valence-corrected chi connectivity index (χ0v) is 14.1. The Bertz CT molecular complexity index is 822. The fourth-order valence-corrected chi connectivity index (χ4v) is 3.12. The summed E-state index contributed by atoms with van der Waals surface area (Å²) in [5.74, 6) is -1.01. The fourth-order valence-electron chi connectivity index (χ4n) is 3.12. The average molecular weight is 385 g/mol. The Morgan fingerprint density at radius 3 is 2.78 bits per heavy atom. The molecular weight excluding hydrogens is 367 g/mol. The number of aliphatic hydroxyl groups excluding tert-OH is 1. The lowest BCUT2D eigenvalue weighted by molar-refractivity contribution is -0.274. The van der Waals surface area contributed by atoms with E-state index in [0.29, 0.717) is 30.8 Å². The number of carbonyl (C=O) groups excluding carboxylic acids is 1. The number of benzene rings is 1. The molecule has 3 rings (SSSR count). The van der Waals surface area contributed by atoms with Crippen LogP contribution in [0.2, 0.25) is 0 Å². The van der Waals surface area contributed by atoms with Gasteiger partial charge >= 0.3 is 6.36 Å². The molecule has 2 aromatic rings. The van der Waals surface area contributed by atoms with Crippen molar-refractivity contribution in [3.8, 4) is 5.75 Å². The maximum absolute atomic E-state index is 12.4. The van der Waals surface area contributed by atoms with Crippen molar-refractivity contribution < 1.29 is 33.0 Å². The zero-order chi connectivity index (χ0) is 19.6. The van der Waals surface area contributed by atoms with Gasteiger partial charge in [0, 0.05) is 25.8 Å². The molecule has 1 aliphatic heterocycles. The number of carbonyl (C=O) groups is 1. The highest BCUT2D eigenvalue weighted by atomic mass is 19.4. The van der Waals surface area contributed by atoms with Gasteiger partial charge in [0.25, 0.3) is 5.91 Å². The minimum atomic E-state index is -4.77. The molecule has 0 saturated heterocycles. The predicted octanol–water partition coefficient (Wildman–Crippen LogP) is 2.40. The number of halogens is 3. The Morgan fingerprint density at radius 1 is 1.30 bits per heavy atom. The van der Waals surface area contributed by atoms with E-state index in [0.717, 1.165) is 0 Å². The molecule has 27 heavy (non-hydrogen) atoms. The first-order valence-corrected chi connectivity index (χ1v) is 8.18. The summed E-state index contributed by atoms with van der Waals surface area (Å²) >= 11 is 0. The SMILES string of the molecule is O=C(NO)c1cc2n(c1)CCCN(Cc1cccc(OC(F)(F)F)c1)C2O.